The smallest absolute Gasteiger partial charge is 0.222 e. The van der Waals surface area contributed by atoms with Gasteiger partial charge in [-0.1, -0.05) is 33.1 Å². The van der Waals surface area contributed by atoms with E-state index in [1.165, 1.54) is 32.1 Å². The van der Waals surface area contributed by atoms with Crippen LogP contribution in [-0.2, 0) is 4.79 Å². The number of carbonyl (C=O) groups is 1. The van der Waals surface area contributed by atoms with Gasteiger partial charge in [0.1, 0.15) is 0 Å². The first-order valence-corrected chi connectivity index (χ1v) is 8.26. The van der Waals surface area contributed by atoms with E-state index in [1.54, 1.807) is 0 Å². The fourth-order valence-corrected chi connectivity index (χ4v) is 3.49. The van der Waals surface area contributed by atoms with Crippen LogP contribution in [0.3, 0.4) is 0 Å². The third kappa shape index (κ3) is 4.20. The number of unbranched alkanes of at least 4 members (excludes halogenated alkanes) is 1. The lowest BCUT2D eigenvalue weighted by molar-refractivity contribution is -0.132. The van der Waals surface area contributed by atoms with Gasteiger partial charge < -0.3 is 10.2 Å². The Bertz CT molecular complexity index is 292. The van der Waals surface area contributed by atoms with Gasteiger partial charge in [0.15, 0.2) is 0 Å². The number of fused-ring (bicyclic) bond motifs is 2. The van der Waals surface area contributed by atoms with Crippen LogP contribution >= 0.6 is 0 Å². The normalized spacial score (nSPS) is 28.2. The standard InChI is InChI=1S/C16H30N2O/c1-3-5-6-13(4-2)11-16(19)18-10-9-14-7-8-15(12-18)17-14/h13-15,17H,3-12H2,1-2H3. The molecule has 2 saturated heterocycles. The molecule has 19 heavy (non-hydrogen) atoms. The second-order valence-electron chi connectivity index (χ2n) is 6.39. The first-order valence-electron chi connectivity index (χ1n) is 8.26. The van der Waals surface area contributed by atoms with Gasteiger partial charge in [-0.3, -0.25) is 4.79 Å². The predicted molar refractivity (Wildman–Crippen MR) is 79.1 cm³/mol. The molecule has 3 heteroatoms. The van der Waals surface area contributed by atoms with Crippen LogP contribution in [0, 0.1) is 5.92 Å². The number of rotatable bonds is 6. The summed E-state index contributed by atoms with van der Waals surface area (Å²) < 4.78 is 0. The Balaban J connectivity index is 1.81. The molecule has 0 aromatic carbocycles. The Morgan fingerprint density at radius 3 is 2.79 bits per heavy atom. The summed E-state index contributed by atoms with van der Waals surface area (Å²) in [5.74, 6) is 0.998. The van der Waals surface area contributed by atoms with Crippen molar-refractivity contribution in [1.82, 2.24) is 10.2 Å². The Hall–Kier alpha value is -0.570. The van der Waals surface area contributed by atoms with E-state index in [0.717, 1.165) is 32.4 Å². The van der Waals surface area contributed by atoms with Crippen LogP contribution in [0.4, 0.5) is 0 Å². The Kier molecular flexibility index (Phi) is 5.68. The van der Waals surface area contributed by atoms with Gasteiger partial charge >= 0.3 is 0 Å². The summed E-state index contributed by atoms with van der Waals surface area (Å²) in [6, 6.07) is 1.23. The monoisotopic (exact) mass is 266 g/mol. The second kappa shape index (κ2) is 7.28. The highest BCUT2D eigenvalue weighted by atomic mass is 16.2. The van der Waals surface area contributed by atoms with Crippen molar-refractivity contribution in [3.63, 3.8) is 0 Å². The molecule has 3 nitrogen and oxygen atoms in total. The molecule has 1 N–H and O–H groups in total. The number of carbonyl (C=O) groups excluding carboxylic acids is 1. The summed E-state index contributed by atoms with van der Waals surface area (Å²) in [6.45, 7) is 6.36. The molecular weight excluding hydrogens is 236 g/mol. The SMILES string of the molecule is CCCCC(CC)CC(=O)N1CCC2CCC(C1)N2. The average Bonchev–Trinajstić information content (AvgIpc) is 2.73. The van der Waals surface area contributed by atoms with E-state index in [9.17, 15) is 4.79 Å². The molecule has 2 bridgehead atoms. The van der Waals surface area contributed by atoms with E-state index in [2.05, 4.69) is 24.1 Å². The number of nitrogens with zero attached hydrogens (tertiary/aromatic N) is 1. The van der Waals surface area contributed by atoms with Gasteiger partial charge in [0.2, 0.25) is 5.91 Å². The lowest BCUT2D eigenvalue weighted by atomic mass is 9.95. The van der Waals surface area contributed by atoms with Gasteiger partial charge in [0, 0.05) is 31.6 Å². The Labute approximate surface area is 118 Å². The lowest BCUT2D eigenvalue weighted by Crippen LogP contribution is -2.39. The number of hydrogen-bond acceptors (Lipinski definition) is 2. The van der Waals surface area contributed by atoms with Crippen LogP contribution in [0.5, 0.6) is 0 Å². The molecule has 2 aliphatic rings. The maximum Gasteiger partial charge on any atom is 0.222 e. The molecule has 3 atom stereocenters. The largest absolute Gasteiger partial charge is 0.341 e. The van der Waals surface area contributed by atoms with Crippen molar-refractivity contribution in [1.29, 1.82) is 0 Å². The Morgan fingerprint density at radius 1 is 1.26 bits per heavy atom. The molecule has 110 valence electrons. The summed E-state index contributed by atoms with van der Waals surface area (Å²) in [5.41, 5.74) is 0. The van der Waals surface area contributed by atoms with E-state index in [-0.39, 0.29) is 0 Å². The molecule has 0 aromatic rings. The molecule has 2 aliphatic heterocycles. The minimum Gasteiger partial charge on any atom is -0.341 e. The zero-order chi connectivity index (χ0) is 13.7. The summed E-state index contributed by atoms with van der Waals surface area (Å²) in [5, 5.41) is 3.65. The van der Waals surface area contributed by atoms with Crippen molar-refractivity contribution >= 4 is 5.91 Å². The Morgan fingerprint density at radius 2 is 2.05 bits per heavy atom. The molecule has 2 fully saturated rings. The van der Waals surface area contributed by atoms with Gasteiger partial charge in [0.05, 0.1) is 0 Å². The zero-order valence-electron chi connectivity index (χ0n) is 12.7. The highest BCUT2D eigenvalue weighted by molar-refractivity contribution is 5.76. The molecular formula is C16H30N2O. The molecule has 2 heterocycles. The molecule has 0 spiro atoms. The van der Waals surface area contributed by atoms with Crippen LogP contribution in [0.1, 0.15) is 65.2 Å². The van der Waals surface area contributed by atoms with Gasteiger partial charge in [-0.05, 0) is 31.6 Å². The number of nitrogens with one attached hydrogen (secondary N) is 1. The third-order valence-corrected chi connectivity index (χ3v) is 4.88. The molecule has 0 radical (unpaired) electrons. The number of amides is 1. The summed E-state index contributed by atoms with van der Waals surface area (Å²) in [7, 11) is 0. The highest BCUT2D eigenvalue weighted by Gasteiger charge is 2.31. The van der Waals surface area contributed by atoms with Gasteiger partial charge in [-0.25, -0.2) is 0 Å². The number of likely N-dealkylation sites (tertiary alicyclic amines) is 1. The molecule has 2 rings (SSSR count). The van der Waals surface area contributed by atoms with Gasteiger partial charge in [0.25, 0.3) is 0 Å². The first-order chi connectivity index (χ1) is 9.22. The molecule has 3 unspecified atom stereocenters. The summed E-state index contributed by atoms with van der Waals surface area (Å²) in [4.78, 5) is 14.6. The maximum absolute atomic E-state index is 12.5. The molecule has 0 saturated carbocycles. The van der Waals surface area contributed by atoms with Crippen LogP contribution in [-0.4, -0.2) is 36.0 Å². The maximum atomic E-state index is 12.5. The summed E-state index contributed by atoms with van der Waals surface area (Å²) >= 11 is 0. The molecule has 1 amide bonds. The summed E-state index contributed by atoms with van der Waals surface area (Å²) in [6.07, 6.45) is 9.34. The van der Waals surface area contributed by atoms with E-state index >= 15 is 0 Å². The van der Waals surface area contributed by atoms with Crippen molar-refractivity contribution in [3.8, 4) is 0 Å². The topological polar surface area (TPSA) is 32.3 Å². The van der Waals surface area contributed by atoms with Crippen molar-refractivity contribution in [2.75, 3.05) is 13.1 Å². The third-order valence-electron chi connectivity index (χ3n) is 4.88. The van der Waals surface area contributed by atoms with E-state index < -0.39 is 0 Å². The van der Waals surface area contributed by atoms with Crippen LogP contribution in [0.25, 0.3) is 0 Å². The average molecular weight is 266 g/mol. The lowest BCUT2D eigenvalue weighted by Gasteiger charge is -2.26. The first kappa shape index (κ1) is 14.8. The van der Waals surface area contributed by atoms with E-state index in [0.29, 0.717) is 23.9 Å². The predicted octanol–water partition coefficient (Wildman–Crippen LogP) is 2.95. The minimum atomic E-state index is 0.400. The van der Waals surface area contributed by atoms with Gasteiger partial charge in [-0.15, -0.1) is 0 Å². The van der Waals surface area contributed by atoms with Crippen molar-refractivity contribution in [2.24, 2.45) is 5.92 Å². The molecule has 0 aromatic heterocycles. The van der Waals surface area contributed by atoms with Crippen molar-refractivity contribution in [2.45, 2.75) is 77.3 Å². The van der Waals surface area contributed by atoms with Crippen molar-refractivity contribution in [3.05, 3.63) is 0 Å². The minimum absolute atomic E-state index is 0.400. The van der Waals surface area contributed by atoms with E-state index in [1.807, 2.05) is 0 Å². The van der Waals surface area contributed by atoms with Crippen molar-refractivity contribution < 1.29 is 4.79 Å². The van der Waals surface area contributed by atoms with Crippen LogP contribution in [0.2, 0.25) is 0 Å². The quantitative estimate of drug-likeness (QED) is 0.801. The fourth-order valence-electron chi connectivity index (χ4n) is 3.49. The highest BCUT2D eigenvalue weighted by Crippen LogP contribution is 2.23. The molecule has 0 aliphatic carbocycles. The van der Waals surface area contributed by atoms with Crippen LogP contribution < -0.4 is 5.32 Å². The van der Waals surface area contributed by atoms with E-state index in [4.69, 9.17) is 0 Å². The second-order valence-corrected chi connectivity index (χ2v) is 6.39. The fraction of sp³-hybridized carbons (Fsp3) is 0.938. The van der Waals surface area contributed by atoms with Gasteiger partial charge in [-0.2, -0.15) is 0 Å². The number of hydrogen-bond donors (Lipinski definition) is 1. The zero-order valence-corrected chi connectivity index (χ0v) is 12.7. The van der Waals surface area contributed by atoms with Crippen LogP contribution in [0.15, 0.2) is 0 Å².